The van der Waals surface area contributed by atoms with E-state index in [9.17, 15) is 24.3 Å². The highest BCUT2D eigenvalue weighted by Crippen LogP contribution is 2.28. The molecule has 0 saturated carbocycles. The summed E-state index contributed by atoms with van der Waals surface area (Å²) in [6, 6.07) is 27.0. The van der Waals surface area contributed by atoms with Gasteiger partial charge in [0, 0.05) is 31.0 Å². The number of anilines is 3. The van der Waals surface area contributed by atoms with Crippen molar-refractivity contribution in [3.05, 3.63) is 119 Å². The molecule has 0 aliphatic rings. The van der Waals surface area contributed by atoms with Gasteiger partial charge in [-0.1, -0.05) is 54.6 Å². The molecule has 10 nitrogen and oxygen atoms in total. The van der Waals surface area contributed by atoms with Crippen molar-refractivity contribution in [3.8, 4) is 5.75 Å². The maximum Gasteiger partial charge on any atom is 0.326 e. The molecule has 0 aliphatic carbocycles. The van der Waals surface area contributed by atoms with Crippen LogP contribution in [0.15, 0.2) is 97.1 Å². The number of hydrogen-bond acceptors (Lipinski definition) is 5. The summed E-state index contributed by atoms with van der Waals surface area (Å²) in [4.78, 5) is 53.3. The molecule has 3 N–H and O–H groups in total. The molecule has 0 aromatic heterocycles. The van der Waals surface area contributed by atoms with Crippen molar-refractivity contribution >= 4 is 40.9 Å². The lowest BCUT2D eigenvalue weighted by atomic mass is 10.0. The molecule has 4 amide bonds. The van der Waals surface area contributed by atoms with E-state index >= 15 is 0 Å². The number of nitrogens with zero attached hydrogens (tertiary/aromatic N) is 2. The number of urea groups is 1. The Morgan fingerprint density at radius 3 is 2.16 bits per heavy atom. The molecule has 45 heavy (non-hydrogen) atoms. The van der Waals surface area contributed by atoms with E-state index in [1.54, 1.807) is 86.9 Å². The number of nitrogens with one attached hydrogen (secondary N) is 2. The van der Waals surface area contributed by atoms with Gasteiger partial charge in [-0.05, 0) is 66.1 Å². The van der Waals surface area contributed by atoms with Crippen LogP contribution < -0.4 is 25.2 Å². The first-order chi connectivity index (χ1) is 21.6. The molecule has 0 heterocycles. The van der Waals surface area contributed by atoms with Gasteiger partial charge in [0.15, 0.2) is 0 Å². The maximum atomic E-state index is 13.2. The van der Waals surface area contributed by atoms with Crippen LogP contribution in [0.4, 0.5) is 21.9 Å². The molecule has 0 radical (unpaired) electrons. The van der Waals surface area contributed by atoms with Gasteiger partial charge >= 0.3 is 12.0 Å². The molecular weight excluding hydrogens is 572 g/mol. The fourth-order valence-corrected chi connectivity index (χ4v) is 4.82. The van der Waals surface area contributed by atoms with E-state index in [0.717, 1.165) is 11.3 Å². The van der Waals surface area contributed by atoms with Gasteiger partial charge in [-0.2, -0.15) is 0 Å². The number of aliphatic carboxylic acids is 1. The summed E-state index contributed by atoms with van der Waals surface area (Å²) in [6.07, 6.45) is -0.228. The van der Waals surface area contributed by atoms with Crippen molar-refractivity contribution < 1.29 is 29.0 Å². The molecule has 4 aromatic carbocycles. The molecule has 1 atom stereocenters. The lowest BCUT2D eigenvalue weighted by molar-refractivity contribution is -0.137. The highest BCUT2D eigenvalue weighted by Gasteiger charge is 2.21. The Bertz CT molecular complexity index is 1670. The Morgan fingerprint density at radius 2 is 1.51 bits per heavy atom. The summed E-state index contributed by atoms with van der Waals surface area (Å²) in [5.41, 5.74) is 4.53. The van der Waals surface area contributed by atoms with Crippen molar-refractivity contribution in [1.82, 2.24) is 5.32 Å². The van der Waals surface area contributed by atoms with E-state index in [-0.39, 0.29) is 30.7 Å². The first-order valence-electron chi connectivity index (χ1n) is 14.3. The number of aryl methyl sites for hydroxylation is 1. The fourth-order valence-electron chi connectivity index (χ4n) is 4.82. The Hall–Kier alpha value is -5.64. The number of carbonyl (C=O) groups excluding carboxylic acids is 3. The highest BCUT2D eigenvalue weighted by molar-refractivity contribution is 6.02. The van der Waals surface area contributed by atoms with Gasteiger partial charge in [-0.25, -0.2) is 4.79 Å². The van der Waals surface area contributed by atoms with Gasteiger partial charge in [0.05, 0.1) is 31.7 Å². The van der Waals surface area contributed by atoms with E-state index in [2.05, 4.69) is 10.6 Å². The Balaban J connectivity index is 1.42. The van der Waals surface area contributed by atoms with Gasteiger partial charge in [-0.3, -0.25) is 19.3 Å². The van der Waals surface area contributed by atoms with E-state index < -0.39 is 12.0 Å². The number of benzene rings is 4. The number of rotatable bonds is 11. The summed E-state index contributed by atoms with van der Waals surface area (Å²) in [7, 11) is 4.83. The first kappa shape index (κ1) is 32.3. The highest BCUT2D eigenvalue weighted by atomic mass is 16.5. The minimum atomic E-state index is -1.05. The lowest BCUT2D eigenvalue weighted by Crippen LogP contribution is -2.31. The molecule has 0 aliphatic heterocycles. The monoisotopic (exact) mass is 608 g/mol. The van der Waals surface area contributed by atoms with E-state index in [1.165, 1.54) is 16.9 Å². The Labute approximate surface area is 262 Å². The van der Waals surface area contributed by atoms with Crippen molar-refractivity contribution in [2.45, 2.75) is 25.8 Å². The van der Waals surface area contributed by atoms with Crippen molar-refractivity contribution in [3.63, 3.8) is 0 Å². The molecule has 4 rings (SSSR count). The number of likely N-dealkylation sites (N-methyl/N-ethyl adjacent to an activating group) is 1. The third kappa shape index (κ3) is 8.26. The first-order valence-corrected chi connectivity index (χ1v) is 14.3. The van der Waals surface area contributed by atoms with Crippen molar-refractivity contribution in [2.75, 3.05) is 36.3 Å². The van der Waals surface area contributed by atoms with E-state index in [0.29, 0.717) is 33.8 Å². The molecule has 232 valence electrons. The van der Waals surface area contributed by atoms with Crippen LogP contribution in [-0.4, -0.2) is 50.1 Å². The zero-order valence-electron chi connectivity index (χ0n) is 25.6. The Kier molecular flexibility index (Phi) is 10.5. The number of carboxylic acids is 1. The third-order valence-electron chi connectivity index (χ3n) is 7.42. The zero-order chi connectivity index (χ0) is 32.5. The number of para-hydroxylation sites is 1. The number of ether oxygens (including phenoxy) is 1. The molecule has 0 spiro atoms. The summed E-state index contributed by atoms with van der Waals surface area (Å²) < 4.78 is 5.51. The van der Waals surface area contributed by atoms with Crippen LogP contribution in [0.2, 0.25) is 0 Å². The normalized spacial score (nSPS) is 11.2. The van der Waals surface area contributed by atoms with E-state index in [4.69, 9.17) is 4.74 Å². The SMILES string of the molecule is COc1cc(CC(=O)N(C)c2ccc(C(CC(=O)O)NC(=O)c3ccccc3)cc2)ccc1NC(=O)N(C)c1ccccc1C. The number of amides is 4. The molecule has 1 unspecified atom stereocenters. The van der Waals surface area contributed by atoms with Crippen LogP contribution in [0.5, 0.6) is 5.75 Å². The molecular formula is C35H36N4O6. The predicted molar refractivity (Wildman–Crippen MR) is 174 cm³/mol. The van der Waals surface area contributed by atoms with Gasteiger partial charge < -0.3 is 25.4 Å². The zero-order valence-corrected chi connectivity index (χ0v) is 25.6. The van der Waals surface area contributed by atoms with Gasteiger partial charge in [0.1, 0.15) is 5.75 Å². The largest absolute Gasteiger partial charge is 0.495 e. The minimum Gasteiger partial charge on any atom is -0.495 e. The summed E-state index contributed by atoms with van der Waals surface area (Å²) in [5, 5.41) is 15.1. The molecule has 0 fully saturated rings. The molecule has 10 heteroatoms. The van der Waals surface area contributed by atoms with Crippen LogP contribution in [0.3, 0.4) is 0 Å². The minimum absolute atomic E-state index is 0.0702. The van der Waals surface area contributed by atoms with Crippen LogP contribution in [0.25, 0.3) is 0 Å². The molecule has 0 bridgehead atoms. The smallest absolute Gasteiger partial charge is 0.326 e. The standard InChI is InChI=1S/C35H36N4O6/c1-23-10-8-9-13-30(23)39(3)35(44)37-28-19-14-24(20-31(28)45-4)21-32(40)38(2)27-17-15-25(16-18-27)29(22-33(41)42)36-34(43)26-11-6-5-7-12-26/h5-20,29H,21-22H2,1-4H3,(H,36,43)(H,37,44)(H,41,42). The number of hydrogen-bond donors (Lipinski definition) is 3. The fraction of sp³-hybridized carbons (Fsp3) is 0.200. The van der Waals surface area contributed by atoms with Crippen LogP contribution in [0.1, 0.15) is 39.5 Å². The van der Waals surface area contributed by atoms with Crippen LogP contribution >= 0.6 is 0 Å². The number of methoxy groups -OCH3 is 1. The summed E-state index contributed by atoms with van der Waals surface area (Å²) in [6.45, 7) is 1.93. The molecule has 4 aromatic rings. The average molecular weight is 609 g/mol. The second-order valence-electron chi connectivity index (χ2n) is 10.5. The summed E-state index contributed by atoms with van der Waals surface area (Å²) in [5.74, 6) is -1.21. The van der Waals surface area contributed by atoms with Gasteiger partial charge in [0.2, 0.25) is 5.91 Å². The maximum absolute atomic E-state index is 13.2. The van der Waals surface area contributed by atoms with Crippen LogP contribution in [0, 0.1) is 6.92 Å². The second-order valence-corrected chi connectivity index (χ2v) is 10.5. The number of carbonyl (C=O) groups is 4. The van der Waals surface area contributed by atoms with Crippen LogP contribution in [-0.2, 0) is 16.0 Å². The quantitative estimate of drug-likeness (QED) is 0.197. The van der Waals surface area contributed by atoms with Crippen molar-refractivity contribution in [1.29, 1.82) is 0 Å². The predicted octanol–water partition coefficient (Wildman–Crippen LogP) is 5.82. The Morgan fingerprint density at radius 1 is 0.844 bits per heavy atom. The summed E-state index contributed by atoms with van der Waals surface area (Å²) >= 11 is 0. The van der Waals surface area contributed by atoms with Crippen molar-refractivity contribution in [2.24, 2.45) is 0 Å². The topological polar surface area (TPSA) is 128 Å². The van der Waals surface area contributed by atoms with E-state index in [1.807, 2.05) is 31.2 Å². The lowest BCUT2D eigenvalue weighted by Gasteiger charge is -2.22. The number of carboxylic acid groups (broad SMARTS) is 1. The second kappa shape index (κ2) is 14.7. The average Bonchev–Trinajstić information content (AvgIpc) is 3.04. The molecule has 0 saturated heterocycles. The van der Waals surface area contributed by atoms with Gasteiger partial charge in [-0.15, -0.1) is 0 Å². The third-order valence-corrected chi connectivity index (χ3v) is 7.42. The van der Waals surface area contributed by atoms with Gasteiger partial charge in [0.25, 0.3) is 5.91 Å².